The van der Waals surface area contributed by atoms with Gasteiger partial charge in [-0.1, -0.05) is 12.8 Å². The normalized spacial score (nSPS) is 12.2. The molecule has 0 aromatic rings. The molecule has 0 saturated heterocycles. The SMILES string of the molecule is NC(=O)CC(N)C(=O)NS. The summed E-state index contributed by atoms with van der Waals surface area (Å²) in [5, 5.41) is 0. The zero-order valence-corrected chi connectivity index (χ0v) is 6.10. The van der Waals surface area contributed by atoms with E-state index in [0.29, 0.717) is 0 Å². The summed E-state index contributed by atoms with van der Waals surface area (Å²) in [6.45, 7) is 0. The summed E-state index contributed by atoms with van der Waals surface area (Å²) in [6.07, 6.45) is -0.160. The zero-order chi connectivity index (χ0) is 8.15. The lowest BCUT2D eigenvalue weighted by Crippen LogP contribution is -2.39. The van der Waals surface area contributed by atoms with Gasteiger partial charge in [0, 0.05) is 0 Å². The summed E-state index contributed by atoms with van der Waals surface area (Å²) in [6, 6.07) is -0.894. The number of amides is 2. The van der Waals surface area contributed by atoms with Crippen LogP contribution in [0.25, 0.3) is 0 Å². The van der Waals surface area contributed by atoms with Crippen LogP contribution in [-0.4, -0.2) is 17.9 Å². The second-order valence-electron chi connectivity index (χ2n) is 1.75. The first-order chi connectivity index (χ1) is 4.57. The largest absolute Gasteiger partial charge is 0.370 e. The average molecular weight is 163 g/mol. The lowest BCUT2D eigenvalue weighted by Gasteiger charge is -2.04. The molecule has 0 aliphatic rings. The first kappa shape index (κ1) is 9.25. The molecule has 0 aliphatic heterocycles. The molecule has 0 saturated carbocycles. The number of nitrogens with two attached hydrogens (primary N) is 2. The molecule has 0 bridgehead atoms. The van der Waals surface area contributed by atoms with E-state index in [0.717, 1.165) is 0 Å². The van der Waals surface area contributed by atoms with Crippen molar-refractivity contribution < 1.29 is 9.59 Å². The Morgan fingerprint density at radius 2 is 2.10 bits per heavy atom. The minimum atomic E-state index is -0.894. The molecular weight excluding hydrogens is 154 g/mol. The summed E-state index contributed by atoms with van der Waals surface area (Å²) in [7, 11) is 0. The molecule has 0 aliphatic carbocycles. The highest BCUT2D eigenvalue weighted by Gasteiger charge is 2.13. The van der Waals surface area contributed by atoms with Crippen molar-refractivity contribution in [1.82, 2.24) is 4.72 Å². The minimum absolute atomic E-state index is 0.160. The van der Waals surface area contributed by atoms with E-state index >= 15 is 0 Å². The maximum atomic E-state index is 10.5. The molecule has 0 rings (SSSR count). The lowest BCUT2D eigenvalue weighted by molar-refractivity contribution is -0.125. The van der Waals surface area contributed by atoms with Gasteiger partial charge in [-0.25, -0.2) is 0 Å². The fourth-order valence-corrected chi connectivity index (χ4v) is 0.558. The lowest BCUT2D eigenvalue weighted by atomic mass is 10.2. The summed E-state index contributed by atoms with van der Waals surface area (Å²) in [4.78, 5) is 20.7. The Labute approximate surface area is 63.7 Å². The first-order valence-electron chi connectivity index (χ1n) is 2.55. The Kier molecular flexibility index (Phi) is 3.82. The van der Waals surface area contributed by atoms with Crippen LogP contribution < -0.4 is 16.2 Å². The standard InChI is InChI=1S/C4H9N3O2S/c5-2(1-3(6)8)4(9)7-10/h2,10H,1,5H2,(H2,6,8)(H,7,9). The smallest absolute Gasteiger partial charge is 0.247 e. The molecule has 0 fully saturated rings. The molecule has 6 heteroatoms. The van der Waals surface area contributed by atoms with Gasteiger partial charge in [-0.05, 0) is 0 Å². The number of carbonyl (C=O) groups excluding carboxylic acids is 2. The van der Waals surface area contributed by atoms with E-state index in [1.54, 1.807) is 0 Å². The van der Waals surface area contributed by atoms with Crippen LogP contribution in [0.5, 0.6) is 0 Å². The molecule has 2 amide bonds. The van der Waals surface area contributed by atoms with Crippen molar-refractivity contribution in [3.63, 3.8) is 0 Å². The third-order valence-corrected chi connectivity index (χ3v) is 1.09. The number of hydrogen-bond acceptors (Lipinski definition) is 4. The molecule has 0 spiro atoms. The number of carbonyl (C=O) groups is 2. The van der Waals surface area contributed by atoms with Gasteiger partial charge in [-0.15, -0.1) is 0 Å². The van der Waals surface area contributed by atoms with E-state index in [2.05, 4.69) is 12.8 Å². The highest BCUT2D eigenvalue weighted by atomic mass is 32.1. The van der Waals surface area contributed by atoms with Crippen molar-refractivity contribution in [2.24, 2.45) is 11.5 Å². The van der Waals surface area contributed by atoms with E-state index in [1.807, 2.05) is 4.72 Å². The Morgan fingerprint density at radius 3 is 2.40 bits per heavy atom. The van der Waals surface area contributed by atoms with E-state index < -0.39 is 17.9 Å². The van der Waals surface area contributed by atoms with Crippen molar-refractivity contribution >= 4 is 24.6 Å². The highest BCUT2D eigenvalue weighted by Crippen LogP contribution is 1.86. The fourth-order valence-electron chi connectivity index (χ4n) is 0.392. The predicted octanol–water partition coefficient (Wildman–Crippen LogP) is -1.85. The molecule has 0 aromatic heterocycles. The van der Waals surface area contributed by atoms with Crippen molar-refractivity contribution in [2.45, 2.75) is 12.5 Å². The molecule has 1 atom stereocenters. The summed E-state index contributed by atoms with van der Waals surface area (Å²) in [5.74, 6) is -1.12. The van der Waals surface area contributed by atoms with Gasteiger partial charge in [0.15, 0.2) is 0 Å². The maximum absolute atomic E-state index is 10.5. The molecule has 0 heterocycles. The van der Waals surface area contributed by atoms with Gasteiger partial charge in [0.1, 0.15) is 0 Å². The topological polar surface area (TPSA) is 98.2 Å². The van der Waals surface area contributed by atoms with Crippen LogP contribution in [0.1, 0.15) is 6.42 Å². The fraction of sp³-hybridized carbons (Fsp3) is 0.500. The van der Waals surface area contributed by atoms with Gasteiger partial charge >= 0.3 is 0 Å². The molecule has 5 nitrogen and oxygen atoms in total. The highest BCUT2D eigenvalue weighted by molar-refractivity contribution is 7.78. The number of nitrogens with one attached hydrogen (secondary N) is 1. The minimum Gasteiger partial charge on any atom is -0.370 e. The second kappa shape index (κ2) is 4.13. The van der Waals surface area contributed by atoms with Gasteiger partial charge in [0.2, 0.25) is 11.8 Å². The van der Waals surface area contributed by atoms with E-state index in [1.165, 1.54) is 0 Å². The number of thiol groups is 1. The van der Waals surface area contributed by atoms with E-state index in [-0.39, 0.29) is 6.42 Å². The van der Waals surface area contributed by atoms with Gasteiger partial charge in [0.05, 0.1) is 12.5 Å². The van der Waals surface area contributed by atoms with Crippen LogP contribution in [0, 0.1) is 0 Å². The zero-order valence-electron chi connectivity index (χ0n) is 5.20. The van der Waals surface area contributed by atoms with Gasteiger partial charge in [0.25, 0.3) is 0 Å². The quantitative estimate of drug-likeness (QED) is 0.367. The molecule has 0 radical (unpaired) electrons. The van der Waals surface area contributed by atoms with Crippen LogP contribution in [0.3, 0.4) is 0 Å². The van der Waals surface area contributed by atoms with Gasteiger partial charge < -0.3 is 16.2 Å². The maximum Gasteiger partial charge on any atom is 0.247 e. The summed E-state index contributed by atoms with van der Waals surface area (Å²) < 4.78 is 1.99. The molecule has 0 aromatic carbocycles. The van der Waals surface area contributed by atoms with E-state index in [9.17, 15) is 9.59 Å². The van der Waals surface area contributed by atoms with Crippen LogP contribution >= 0.6 is 12.8 Å². The number of rotatable bonds is 3. The van der Waals surface area contributed by atoms with Crippen LogP contribution in [0.15, 0.2) is 0 Å². The molecule has 5 N–H and O–H groups in total. The average Bonchev–Trinajstić information content (AvgIpc) is 1.85. The van der Waals surface area contributed by atoms with Crippen LogP contribution in [0.4, 0.5) is 0 Å². The van der Waals surface area contributed by atoms with Crippen molar-refractivity contribution in [3.8, 4) is 0 Å². The first-order valence-corrected chi connectivity index (χ1v) is 3.00. The Morgan fingerprint density at radius 1 is 1.60 bits per heavy atom. The molecule has 1 unspecified atom stereocenters. The molecular formula is C4H9N3O2S. The van der Waals surface area contributed by atoms with Crippen molar-refractivity contribution in [1.29, 1.82) is 0 Å². The monoisotopic (exact) mass is 163 g/mol. The molecule has 58 valence electrons. The number of primary amides is 1. The number of hydrogen-bond donors (Lipinski definition) is 4. The van der Waals surface area contributed by atoms with Crippen molar-refractivity contribution in [3.05, 3.63) is 0 Å². The second-order valence-corrected chi connectivity index (χ2v) is 1.98. The predicted molar refractivity (Wildman–Crippen MR) is 38.9 cm³/mol. The summed E-state index contributed by atoms with van der Waals surface area (Å²) in [5.41, 5.74) is 9.93. The van der Waals surface area contributed by atoms with Crippen LogP contribution in [-0.2, 0) is 9.59 Å². The Bertz CT molecular complexity index is 149. The van der Waals surface area contributed by atoms with Gasteiger partial charge in [-0.3, -0.25) is 9.59 Å². The third-order valence-electron chi connectivity index (χ3n) is 0.868. The van der Waals surface area contributed by atoms with Gasteiger partial charge in [-0.2, -0.15) is 0 Å². The molecule has 10 heavy (non-hydrogen) atoms. The Balaban J connectivity index is 3.72. The van der Waals surface area contributed by atoms with Crippen LogP contribution in [0.2, 0.25) is 0 Å². The van der Waals surface area contributed by atoms with E-state index in [4.69, 9.17) is 11.5 Å². The Hall–Kier alpha value is -0.750. The third kappa shape index (κ3) is 3.31. The summed E-state index contributed by atoms with van der Waals surface area (Å²) >= 11 is 3.45. The van der Waals surface area contributed by atoms with Crippen molar-refractivity contribution in [2.75, 3.05) is 0 Å².